The highest BCUT2D eigenvalue weighted by atomic mass is 79.9. The van der Waals surface area contributed by atoms with Crippen LogP contribution in [0.1, 0.15) is 30.5 Å². The molecule has 2 N–H and O–H groups in total. The third-order valence-electron chi connectivity index (χ3n) is 2.82. The first kappa shape index (κ1) is 9.99. The van der Waals surface area contributed by atoms with E-state index in [4.69, 9.17) is 0 Å². The van der Waals surface area contributed by atoms with Gasteiger partial charge in [0, 0.05) is 11.6 Å². The summed E-state index contributed by atoms with van der Waals surface area (Å²) in [7, 11) is 0. The Labute approximate surface area is 92.5 Å². The van der Waals surface area contributed by atoms with Gasteiger partial charge in [0.2, 0.25) is 0 Å². The summed E-state index contributed by atoms with van der Waals surface area (Å²) >= 11 is 3.35. The molecule has 2 nitrogen and oxygen atoms in total. The molecule has 0 aromatic heterocycles. The first-order chi connectivity index (χ1) is 6.74. The molecule has 0 radical (unpaired) electrons. The fraction of sp³-hybridized carbons (Fsp3) is 0.455. The van der Waals surface area contributed by atoms with Crippen LogP contribution in [0.5, 0.6) is 5.75 Å². The number of phenolic OH excluding ortho intramolecular Hbond substituents is 1. The normalized spacial score (nSPS) is 20.6. The van der Waals surface area contributed by atoms with Gasteiger partial charge in [0.1, 0.15) is 5.75 Å². The van der Waals surface area contributed by atoms with E-state index in [-0.39, 0.29) is 0 Å². The number of benzene rings is 1. The number of hydrogen-bond acceptors (Lipinski definition) is 2. The van der Waals surface area contributed by atoms with Crippen molar-refractivity contribution in [2.75, 3.05) is 6.54 Å². The molecule has 14 heavy (non-hydrogen) atoms. The minimum Gasteiger partial charge on any atom is -0.506 e. The highest BCUT2D eigenvalue weighted by molar-refractivity contribution is 9.10. The van der Waals surface area contributed by atoms with Crippen molar-refractivity contribution >= 4 is 15.9 Å². The zero-order valence-corrected chi connectivity index (χ0v) is 9.76. The number of phenols is 1. The zero-order chi connectivity index (χ0) is 10.1. The quantitative estimate of drug-likeness (QED) is 0.809. The highest BCUT2D eigenvalue weighted by Crippen LogP contribution is 2.36. The van der Waals surface area contributed by atoms with Crippen LogP contribution >= 0.6 is 15.9 Å². The number of aromatic hydroxyl groups is 1. The molecule has 1 aliphatic heterocycles. The lowest BCUT2D eigenvalue weighted by molar-refractivity contribution is 0.439. The van der Waals surface area contributed by atoms with Crippen molar-refractivity contribution in [2.45, 2.75) is 25.8 Å². The smallest absolute Gasteiger partial charge is 0.133 e. The molecule has 0 aliphatic carbocycles. The minimum absolute atomic E-state index is 0.401. The number of nitrogens with one attached hydrogen (secondary N) is 1. The van der Waals surface area contributed by atoms with E-state index in [1.54, 1.807) is 0 Å². The van der Waals surface area contributed by atoms with Crippen LogP contribution in [0.15, 0.2) is 16.6 Å². The Morgan fingerprint density at radius 2 is 2.36 bits per heavy atom. The average Bonchev–Trinajstić information content (AvgIpc) is 2.23. The molecule has 1 atom stereocenters. The first-order valence-electron chi connectivity index (χ1n) is 4.97. The van der Waals surface area contributed by atoms with Gasteiger partial charge < -0.3 is 10.4 Å². The molecular formula is C11H14BrNO. The van der Waals surface area contributed by atoms with Crippen LogP contribution in [0, 0.1) is 0 Å². The summed E-state index contributed by atoms with van der Waals surface area (Å²) in [6, 6.07) is 4.42. The van der Waals surface area contributed by atoms with Crippen LogP contribution in [0.25, 0.3) is 0 Å². The van der Waals surface area contributed by atoms with Crippen molar-refractivity contribution in [3.05, 3.63) is 27.7 Å². The molecule has 0 spiro atoms. The van der Waals surface area contributed by atoms with Crippen LogP contribution in [-0.2, 0) is 6.42 Å². The van der Waals surface area contributed by atoms with Crippen molar-refractivity contribution in [1.82, 2.24) is 5.32 Å². The van der Waals surface area contributed by atoms with Gasteiger partial charge in [-0.15, -0.1) is 0 Å². The molecule has 3 heteroatoms. The van der Waals surface area contributed by atoms with E-state index in [0.717, 1.165) is 29.4 Å². The predicted octanol–water partition coefficient (Wildman–Crippen LogP) is 2.75. The van der Waals surface area contributed by atoms with E-state index in [0.29, 0.717) is 11.8 Å². The number of hydrogen-bond donors (Lipinski definition) is 2. The summed E-state index contributed by atoms with van der Waals surface area (Å²) in [5.41, 5.74) is 2.35. The number of fused-ring (bicyclic) bond motifs is 1. The maximum Gasteiger partial charge on any atom is 0.133 e. The molecule has 1 unspecified atom stereocenters. The lowest BCUT2D eigenvalue weighted by Gasteiger charge is -2.26. The fourth-order valence-electron chi connectivity index (χ4n) is 2.06. The lowest BCUT2D eigenvalue weighted by atomic mass is 9.92. The summed E-state index contributed by atoms with van der Waals surface area (Å²) in [4.78, 5) is 0. The Hall–Kier alpha value is -0.540. The van der Waals surface area contributed by atoms with Gasteiger partial charge in [-0.3, -0.25) is 0 Å². The average molecular weight is 256 g/mol. The molecule has 1 heterocycles. The second-order valence-electron chi connectivity index (χ2n) is 3.63. The largest absolute Gasteiger partial charge is 0.506 e. The molecular weight excluding hydrogens is 242 g/mol. The zero-order valence-electron chi connectivity index (χ0n) is 8.18. The Bertz CT molecular complexity index is 351. The van der Waals surface area contributed by atoms with E-state index < -0.39 is 0 Å². The van der Waals surface area contributed by atoms with E-state index in [1.807, 2.05) is 6.07 Å². The van der Waals surface area contributed by atoms with E-state index in [9.17, 15) is 5.11 Å². The summed E-state index contributed by atoms with van der Waals surface area (Å²) in [6.07, 6.45) is 1.98. The van der Waals surface area contributed by atoms with Gasteiger partial charge in [0.15, 0.2) is 0 Å². The SMILES string of the molecule is CCC1NCCc2c1ccc(Br)c2O. The predicted molar refractivity (Wildman–Crippen MR) is 60.5 cm³/mol. The van der Waals surface area contributed by atoms with E-state index in [2.05, 4.69) is 34.2 Å². The molecule has 76 valence electrons. The highest BCUT2D eigenvalue weighted by Gasteiger charge is 2.21. The van der Waals surface area contributed by atoms with Gasteiger partial charge in [0.25, 0.3) is 0 Å². The second-order valence-corrected chi connectivity index (χ2v) is 4.48. The monoisotopic (exact) mass is 255 g/mol. The number of rotatable bonds is 1. The first-order valence-corrected chi connectivity index (χ1v) is 5.77. The number of halogens is 1. The van der Waals surface area contributed by atoms with Crippen molar-refractivity contribution < 1.29 is 5.11 Å². The second kappa shape index (κ2) is 3.91. The van der Waals surface area contributed by atoms with Crippen molar-refractivity contribution in [3.8, 4) is 5.75 Å². The summed E-state index contributed by atoms with van der Waals surface area (Å²) < 4.78 is 0.799. The van der Waals surface area contributed by atoms with Gasteiger partial charge in [-0.2, -0.15) is 0 Å². The maximum absolute atomic E-state index is 9.88. The van der Waals surface area contributed by atoms with Crippen molar-refractivity contribution in [3.63, 3.8) is 0 Å². The van der Waals surface area contributed by atoms with Gasteiger partial charge >= 0.3 is 0 Å². The molecule has 0 bridgehead atoms. The maximum atomic E-state index is 9.88. The third kappa shape index (κ3) is 1.55. The molecule has 0 fully saturated rings. The minimum atomic E-state index is 0.401. The summed E-state index contributed by atoms with van der Waals surface area (Å²) in [5.74, 6) is 0.419. The Balaban J connectivity index is 2.50. The van der Waals surface area contributed by atoms with E-state index in [1.165, 1.54) is 5.56 Å². The Morgan fingerprint density at radius 1 is 1.57 bits per heavy atom. The summed E-state index contributed by atoms with van der Waals surface area (Å²) in [5, 5.41) is 13.3. The van der Waals surface area contributed by atoms with Crippen molar-refractivity contribution in [2.24, 2.45) is 0 Å². The molecule has 0 saturated carbocycles. The van der Waals surface area contributed by atoms with Crippen LogP contribution in [0.3, 0.4) is 0 Å². The lowest BCUT2D eigenvalue weighted by Crippen LogP contribution is -2.29. The Morgan fingerprint density at radius 3 is 3.07 bits per heavy atom. The van der Waals surface area contributed by atoms with Gasteiger partial charge in [0.05, 0.1) is 4.47 Å². The molecule has 1 aromatic rings. The fourth-order valence-corrected chi connectivity index (χ4v) is 2.43. The molecule has 2 rings (SSSR count). The van der Waals surface area contributed by atoms with Crippen LogP contribution in [-0.4, -0.2) is 11.7 Å². The third-order valence-corrected chi connectivity index (χ3v) is 3.46. The topological polar surface area (TPSA) is 32.3 Å². The van der Waals surface area contributed by atoms with Crippen LogP contribution in [0.2, 0.25) is 0 Å². The standard InChI is InChI=1S/C11H14BrNO/c1-2-10-7-3-4-9(12)11(14)8(7)5-6-13-10/h3-4,10,13-14H,2,5-6H2,1H3. The van der Waals surface area contributed by atoms with E-state index >= 15 is 0 Å². The molecule has 1 aromatic carbocycles. The molecule has 0 amide bonds. The van der Waals surface area contributed by atoms with Crippen LogP contribution < -0.4 is 5.32 Å². The summed E-state index contributed by atoms with van der Waals surface area (Å²) in [6.45, 7) is 3.11. The van der Waals surface area contributed by atoms with Gasteiger partial charge in [-0.05, 0) is 46.9 Å². The molecule has 0 saturated heterocycles. The Kier molecular flexibility index (Phi) is 2.79. The van der Waals surface area contributed by atoms with Crippen LogP contribution in [0.4, 0.5) is 0 Å². The van der Waals surface area contributed by atoms with Gasteiger partial charge in [-0.1, -0.05) is 13.0 Å². The van der Waals surface area contributed by atoms with Crippen molar-refractivity contribution in [1.29, 1.82) is 0 Å². The van der Waals surface area contributed by atoms with Gasteiger partial charge in [-0.25, -0.2) is 0 Å². The molecule has 1 aliphatic rings.